The smallest absolute Gasteiger partial charge is 0.436 e. The molecule has 14 heteroatoms. The molecule has 0 fully saturated rings. The first-order valence-corrected chi connectivity index (χ1v) is 9.50. The Morgan fingerprint density at radius 1 is 0.909 bits per heavy atom. The summed E-state index contributed by atoms with van der Waals surface area (Å²) in [4.78, 5) is 13.4. The molecule has 0 radical (unpaired) electrons. The van der Waals surface area contributed by atoms with Gasteiger partial charge in [-0.2, -0.15) is 39.5 Å². The van der Waals surface area contributed by atoms with Gasteiger partial charge in [0.15, 0.2) is 0 Å². The molecule has 0 saturated carbocycles. The normalized spacial score (nSPS) is 21.5. The van der Waals surface area contributed by atoms with Gasteiger partial charge in [-0.1, -0.05) is 33.2 Å². The number of hydrogen-bond acceptors (Lipinski definition) is 3. The van der Waals surface area contributed by atoms with Gasteiger partial charge in [-0.15, -0.1) is 0 Å². The predicted molar refractivity (Wildman–Crippen MR) is 97.9 cm³/mol. The maximum atomic E-state index is 14.2. The Labute approximate surface area is 186 Å². The maximum Gasteiger partial charge on any atom is 0.436 e. The van der Waals surface area contributed by atoms with Crippen molar-refractivity contribution in [1.82, 2.24) is 0 Å². The Kier molecular flexibility index (Phi) is 5.97. The van der Waals surface area contributed by atoms with Gasteiger partial charge in [0.1, 0.15) is 10.5 Å². The molecular formula is C19H9BrF9NO3. The Hall–Kier alpha value is -2.77. The standard InChI is InChI=1S/C19H9BrF9NO3/c20-14-13(8-1-3-9(4-2-8)15(31)32)30-33-16(14,19(27,28)29)10-5-11(17(21,22)23)7-12(6-10)18(24,25)26/h1-7,14H,(H,31,32). The van der Waals surface area contributed by atoms with Gasteiger partial charge in [-0.25, -0.2) is 4.79 Å². The van der Waals surface area contributed by atoms with Crippen molar-refractivity contribution in [2.75, 3.05) is 0 Å². The van der Waals surface area contributed by atoms with Gasteiger partial charge in [0.25, 0.3) is 5.60 Å². The highest BCUT2D eigenvalue weighted by Crippen LogP contribution is 2.53. The average Bonchev–Trinajstić information content (AvgIpc) is 3.04. The fourth-order valence-corrected chi connectivity index (χ4v) is 4.07. The van der Waals surface area contributed by atoms with Crippen LogP contribution in [0.1, 0.15) is 32.6 Å². The van der Waals surface area contributed by atoms with E-state index in [1.807, 2.05) is 0 Å². The first-order valence-electron chi connectivity index (χ1n) is 8.59. The van der Waals surface area contributed by atoms with Crippen LogP contribution >= 0.6 is 15.9 Å². The largest absolute Gasteiger partial charge is 0.478 e. The molecule has 2 atom stereocenters. The molecule has 4 nitrogen and oxygen atoms in total. The van der Waals surface area contributed by atoms with E-state index in [-0.39, 0.29) is 29.3 Å². The highest BCUT2D eigenvalue weighted by Gasteiger charge is 2.68. The lowest BCUT2D eigenvalue weighted by atomic mass is 9.84. The fourth-order valence-electron chi connectivity index (χ4n) is 3.12. The molecule has 0 saturated heterocycles. The van der Waals surface area contributed by atoms with Crippen LogP contribution in [0, 0.1) is 0 Å². The molecule has 1 aliphatic heterocycles. The summed E-state index contributed by atoms with van der Waals surface area (Å²) >= 11 is 2.68. The number of aromatic carboxylic acids is 1. The lowest BCUT2D eigenvalue weighted by Gasteiger charge is -2.33. The lowest BCUT2D eigenvalue weighted by Crippen LogP contribution is -2.50. The van der Waals surface area contributed by atoms with E-state index in [2.05, 4.69) is 25.9 Å². The number of nitrogens with zero attached hydrogens (tertiary/aromatic N) is 1. The molecule has 1 N–H and O–H groups in total. The van der Waals surface area contributed by atoms with E-state index in [1.165, 1.54) is 0 Å². The number of oxime groups is 1. The average molecular weight is 550 g/mol. The minimum atomic E-state index is -5.53. The van der Waals surface area contributed by atoms with Crippen LogP contribution in [0.2, 0.25) is 0 Å². The van der Waals surface area contributed by atoms with Crippen molar-refractivity contribution in [1.29, 1.82) is 0 Å². The quantitative estimate of drug-likeness (QED) is 0.357. The summed E-state index contributed by atoms with van der Waals surface area (Å²) in [5, 5.41) is 12.2. The summed E-state index contributed by atoms with van der Waals surface area (Å²) in [7, 11) is 0. The van der Waals surface area contributed by atoms with Crippen molar-refractivity contribution < 1.29 is 54.3 Å². The summed E-state index contributed by atoms with van der Waals surface area (Å²) < 4.78 is 122. The summed E-state index contributed by atoms with van der Waals surface area (Å²) in [5.74, 6) is -1.34. The Morgan fingerprint density at radius 2 is 1.39 bits per heavy atom. The van der Waals surface area contributed by atoms with Gasteiger partial charge in [-0.3, -0.25) is 0 Å². The molecule has 1 heterocycles. The molecule has 2 unspecified atom stereocenters. The molecule has 0 bridgehead atoms. The van der Waals surface area contributed by atoms with Crippen LogP contribution in [-0.4, -0.2) is 27.8 Å². The SMILES string of the molecule is O=C(O)c1ccc(C2=NOC(c3cc(C(F)(F)F)cc(C(F)(F)F)c3)(C(F)(F)F)C2Br)cc1. The molecule has 2 aromatic carbocycles. The topological polar surface area (TPSA) is 58.9 Å². The van der Waals surface area contributed by atoms with E-state index >= 15 is 0 Å². The molecule has 33 heavy (non-hydrogen) atoms. The highest BCUT2D eigenvalue weighted by atomic mass is 79.9. The number of carboxylic acids is 1. The van der Waals surface area contributed by atoms with Crippen LogP contribution in [0.4, 0.5) is 39.5 Å². The van der Waals surface area contributed by atoms with Gasteiger partial charge in [0.05, 0.1) is 16.7 Å². The van der Waals surface area contributed by atoms with Gasteiger partial charge < -0.3 is 9.94 Å². The minimum Gasteiger partial charge on any atom is -0.478 e. The minimum absolute atomic E-state index is 0.0804. The summed E-state index contributed by atoms with van der Waals surface area (Å²) in [6.45, 7) is 0. The van der Waals surface area contributed by atoms with Crippen LogP contribution < -0.4 is 0 Å². The number of hydrogen-bond donors (Lipinski definition) is 1. The zero-order valence-electron chi connectivity index (χ0n) is 15.6. The van der Waals surface area contributed by atoms with Crippen LogP contribution in [0.5, 0.6) is 0 Å². The summed E-state index contributed by atoms with van der Waals surface area (Å²) in [5.41, 5.74) is -9.97. The molecule has 0 aliphatic carbocycles. The summed E-state index contributed by atoms with van der Waals surface area (Å²) in [6, 6.07) is 3.72. The Bertz CT molecular complexity index is 1080. The van der Waals surface area contributed by atoms with Crippen molar-refractivity contribution in [3.8, 4) is 0 Å². The number of carboxylic acid groups (broad SMARTS) is 1. The third-order valence-electron chi connectivity index (χ3n) is 4.75. The number of benzene rings is 2. The van der Waals surface area contributed by atoms with Crippen molar-refractivity contribution in [3.63, 3.8) is 0 Å². The van der Waals surface area contributed by atoms with Gasteiger partial charge in [0.2, 0.25) is 0 Å². The lowest BCUT2D eigenvalue weighted by molar-refractivity contribution is -0.273. The van der Waals surface area contributed by atoms with Gasteiger partial charge in [0, 0.05) is 11.1 Å². The molecule has 0 spiro atoms. The summed E-state index contributed by atoms with van der Waals surface area (Å²) in [6.07, 6.45) is -16.3. The third kappa shape index (κ3) is 4.39. The Morgan fingerprint density at radius 3 is 1.79 bits per heavy atom. The van der Waals surface area contributed by atoms with Crippen LogP contribution in [0.25, 0.3) is 0 Å². The van der Waals surface area contributed by atoms with E-state index < -0.39 is 57.3 Å². The molecule has 3 rings (SSSR count). The second-order valence-electron chi connectivity index (χ2n) is 6.84. The molecule has 2 aromatic rings. The highest BCUT2D eigenvalue weighted by molar-refractivity contribution is 9.10. The van der Waals surface area contributed by atoms with Crippen LogP contribution in [-0.2, 0) is 22.8 Å². The Balaban J connectivity index is 2.19. The molecule has 178 valence electrons. The monoisotopic (exact) mass is 549 g/mol. The number of rotatable bonds is 3. The second-order valence-corrected chi connectivity index (χ2v) is 7.76. The molecular weight excluding hydrogens is 541 g/mol. The van der Waals surface area contributed by atoms with E-state index in [0.29, 0.717) is 0 Å². The van der Waals surface area contributed by atoms with Gasteiger partial charge >= 0.3 is 24.5 Å². The fraction of sp³-hybridized carbons (Fsp3) is 0.263. The molecule has 0 aromatic heterocycles. The first-order chi connectivity index (χ1) is 15.0. The van der Waals surface area contributed by atoms with Gasteiger partial charge in [-0.05, 0) is 30.3 Å². The van der Waals surface area contributed by atoms with Crippen LogP contribution in [0.15, 0.2) is 47.6 Å². The van der Waals surface area contributed by atoms with E-state index in [1.54, 1.807) is 0 Å². The van der Waals surface area contributed by atoms with Crippen molar-refractivity contribution in [3.05, 3.63) is 70.3 Å². The first kappa shape index (κ1) is 24.9. The number of alkyl halides is 10. The van der Waals surface area contributed by atoms with Crippen LogP contribution in [0.3, 0.4) is 0 Å². The number of carbonyl (C=O) groups is 1. The van der Waals surface area contributed by atoms with E-state index in [9.17, 15) is 44.3 Å². The van der Waals surface area contributed by atoms with E-state index in [0.717, 1.165) is 24.3 Å². The molecule has 0 amide bonds. The zero-order chi connectivity index (χ0) is 25.0. The number of halogens is 10. The van der Waals surface area contributed by atoms with Crippen molar-refractivity contribution in [2.24, 2.45) is 5.16 Å². The van der Waals surface area contributed by atoms with Crippen molar-refractivity contribution >= 4 is 27.6 Å². The third-order valence-corrected chi connectivity index (χ3v) is 5.83. The molecule has 1 aliphatic rings. The van der Waals surface area contributed by atoms with Crippen molar-refractivity contribution in [2.45, 2.75) is 29.0 Å². The maximum absolute atomic E-state index is 14.2. The van der Waals surface area contributed by atoms with E-state index in [4.69, 9.17) is 5.11 Å². The predicted octanol–water partition coefficient (Wildman–Crippen LogP) is 6.38. The zero-order valence-corrected chi connectivity index (χ0v) is 17.2. The second kappa shape index (κ2) is 7.92.